The average Bonchev–Trinajstić information content (AvgIpc) is 3.30. The summed E-state index contributed by atoms with van der Waals surface area (Å²) < 4.78 is 16.7. The first-order valence-corrected chi connectivity index (χ1v) is 26.1. The zero-order chi connectivity index (χ0) is 47.2. The fraction of sp³-hybridized carbons (Fsp3) is 0.610. The topological polar surface area (TPSA) is 78.9 Å². The van der Waals surface area contributed by atoms with E-state index in [-0.39, 0.29) is 44.0 Å². The average molecular weight is 899 g/mol. The molecule has 0 rings (SSSR count). The van der Waals surface area contributed by atoms with Gasteiger partial charge in [0.2, 0.25) is 0 Å². The highest BCUT2D eigenvalue weighted by Gasteiger charge is 2.19. The molecule has 0 N–H and O–H groups in total. The van der Waals surface area contributed by atoms with Crippen molar-refractivity contribution < 1.29 is 28.6 Å². The Labute approximate surface area is 399 Å². The third kappa shape index (κ3) is 50.7. The second-order valence-electron chi connectivity index (χ2n) is 16.7. The molecule has 0 fully saturated rings. The van der Waals surface area contributed by atoms with Gasteiger partial charge in [0.15, 0.2) is 6.10 Å². The fourth-order valence-electron chi connectivity index (χ4n) is 6.60. The number of hydrogen-bond donors (Lipinski definition) is 0. The van der Waals surface area contributed by atoms with Gasteiger partial charge in [-0.3, -0.25) is 14.4 Å². The van der Waals surface area contributed by atoms with Crippen LogP contribution in [0.1, 0.15) is 213 Å². The molecule has 0 aliphatic carbocycles. The number of carbonyl (C=O) groups is 3. The highest BCUT2D eigenvalue weighted by atomic mass is 16.6. The molecule has 0 saturated heterocycles. The van der Waals surface area contributed by atoms with Gasteiger partial charge in [0.05, 0.1) is 0 Å². The van der Waals surface area contributed by atoms with Crippen molar-refractivity contribution in [1.29, 1.82) is 0 Å². The smallest absolute Gasteiger partial charge is 0.306 e. The molecule has 1 atom stereocenters. The largest absolute Gasteiger partial charge is 0.462 e. The molecule has 0 aromatic rings. The van der Waals surface area contributed by atoms with Crippen LogP contribution in [0, 0.1) is 0 Å². The molecular weight excluding hydrogens is 805 g/mol. The van der Waals surface area contributed by atoms with Crippen molar-refractivity contribution in [1.82, 2.24) is 0 Å². The van der Waals surface area contributed by atoms with E-state index < -0.39 is 6.10 Å². The summed E-state index contributed by atoms with van der Waals surface area (Å²) in [7, 11) is 0. The Balaban J connectivity index is 4.58. The molecule has 6 nitrogen and oxygen atoms in total. The van der Waals surface area contributed by atoms with Crippen molar-refractivity contribution in [2.75, 3.05) is 13.2 Å². The molecule has 6 heteroatoms. The maximum Gasteiger partial charge on any atom is 0.306 e. The van der Waals surface area contributed by atoms with Crippen molar-refractivity contribution in [3.05, 3.63) is 122 Å². The number of esters is 3. The summed E-state index contributed by atoms with van der Waals surface area (Å²) in [6.07, 6.45) is 71.9. The second kappa shape index (κ2) is 52.4. The Hall–Kier alpha value is -4.19. The van der Waals surface area contributed by atoms with Crippen LogP contribution in [0.25, 0.3) is 0 Å². The molecule has 0 aliphatic rings. The van der Waals surface area contributed by atoms with E-state index >= 15 is 0 Å². The summed E-state index contributed by atoms with van der Waals surface area (Å²) >= 11 is 0. The van der Waals surface area contributed by atoms with E-state index in [4.69, 9.17) is 14.2 Å². The normalized spacial score (nSPS) is 13.1. The molecular formula is C59H94O6. The van der Waals surface area contributed by atoms with Crippen LogP contribution in [-0.4, -0.2) is 37.2 Å². The predicted octanol–water partition coefficient (Wildman–Crippen LogP) is 17.3. The number of hydrogen-bond acceptors (Lipinski definition) is 6. The van der Waals surface area contributed by atoms with Gasteiger partial charge in [-0.05, 0) is 116 Å². The third-order valence-corrected chi connectivity index (χ3v) is 10.5. The zero-order valence-electron chi connectivity index (χ0n) is 41.7. The molecule has 65 heavy (non-hydrogen) atoms. The van der Waals surface area contributed by atoms with Crippen molar-refractivity contribution in [3.63, 3.8) is 0 Å². The van der Waals surface area contributed by atoms with Crippen LogP contribution < -0.4 is 0 Å². The first kappa shape index (κ1) is 60.8. The second-order valence-corrected chi connectivity index (χ2v) is 16.7. The molecule has 366 valence electrons. The van der Waals surface area contributed by atoms with E-state index in [0.717, 1.165) is 116 Å². The van der Waals surface area contributed by atoms with E-state index in [9.17, 15) is 14.4 Å². The van der Waals surface area contributed by atoms with Gasteiger partial charge in [-0.2, -0.15) is 0 Å². The first-order chi connectivity index (χ1) is 32.0. The lowest BCUT2D eigenvalue weighted by Crippen LogP contribution is -2.30. The number of allylic oxidation sites excluding steroid dienone is 20. The van der Waals surface area contributed by atoms with Crippen LogP contribution in [-0.2, 0) is 28.6 Å². The minimum Gasteiger partial charge on any atom is -0.462 e. The first-order valence-electron chi connectivity index (χ1n) is 26.1. The molecule has 0 aliphatic heterocycles. The highest BCUT2D eigenvalue weighted by Crippen LogP contribution is 2.12. The van der Waals surface area contributed by atoms with Gasteiger partial charge in [-0.1, -0.05) is 200 Å². The molecule has 0 bridgehead atoms. The summed E-state index contributed by atoms with van der Waals surface area (Å²) in [6.45, 7) is 6.30. The van der Waals surface area contributed by atoms with Gasteiger partial charge in [0.25, 0.3) is 0 Å². The van der Waals surface area contributed by atoms with Crippen LogP contribution in [0.5, 0.6) is 0 Å². The molecule has 1 unspecified atom stereocenters. The Morgan fingerprint density at radius 3 is 1.11 bits per heavy atom. The van der Waals surface area contributed by atoms with Crippen molar-refractivity contribution in [2.24, 2.45) is 0 Å². The molecule has 0 radical (unpaired) electrons. The Bertz CT molecular complexity index is 1400. The molecule has 0 saturated carbocycles. The maximum absolute atomic E-state index is 12.8. The number of carbonyl (C=O) groups excluding carboxylic acids is 3. The quantitative estimate of drug-likeness (QED) is 0.0199. The molecule has 0 amide bonds. The monoisotopic (exact) mass is 899 g/mol. The van der Waals surface area contributed by atoms with E-state index in [0.29, 0.717) is 19.3 Å². The molecule has 0 heterocycles. The van der Waals surface area contributed by atoms with E-state index in [1.54, 1.807) is 0 Å². The number of rotatable bonds is 45. The standard InChI is InChI=1S/C59H94O6/c1-4-7-10-13-16-19-22-25-28-30-32-34-37-40-43-46-49-52-58(61)64-55-56(54-63-57(60)51-48-45-42-39-36-33-27-24-21-18-15-12-9-6-3)65-59(62)53-50-47-44-41-38-35-31-29-26-23-20-17-14-11-8-5-2/h7,9-10,12,16,18-19,21,25,27-29,31-35,38,40,43,56H,4-6,8,11,13-15,17,20,22-24,26,30,36-37,39,41-42,44-55H2,1-3H3/b10-7-,12-9-,19-16-,21-18-,28-25-,31-29-,33-27-,34-32-,38-35-,43-40-. The van der Waals surface area contributed by atoms with Crippen molar-refractivity contribution in [2.45, 2.75) is 219 Å². The summed E-state index contributed by atoms with van der Waals surface area (Å²) in [5.74, 6) is -1.04. The van der Waals surface area contributed by atoms with Gasteiger partial charge < -0.3 is 14.2 Å². The minimum absolute atomic E-state index is 0.122. The summed E-state index contributed by atoms with van der Waals surface area (Å²) in [5, 5.41) is 0. The van der Waals surface area contributed by atoms with E-state index in [1.165, 1.54) is 44.9 Å². The number of unbranched alkanes of at least 4 members (excludes halogenated alkanes) is 15. The maximum atomic E-state index is 12.8. The van der Waals surface area contributed by atoms with Gasteiger partial charge in [-0.25, -0.2) is 0 Å². The van der Waals surface area contributed by atoms with Crippen LogP contribution >= 0.6 is 0 Å². The van der Waals surface area contributed by atoms with Crippen LogP contribution in [0.3, 0.4) is 0 Å². The van der Waals surface area contributed by atoms with Crippen LogP contribution in [0.4, 0.5) is 0 Å². The number of ether oxygens (including phenoxy) is 3. The lowest BCUT2D eigenvalue weighted by atomic mass is 10.1. The van der Waals surface area contributed by atoms with Gasteiger partial charge in [0, 0.05) is 19.3 Å². The summed E-state index contributed by atoms with van der Waals surface area (Å²) in [5.41, 5.74) is 0. The predicted molar refractivity (Wildman–Crippen MR) is 279 cm³/mol. The lowest BCUT2D eigenvalue weighted by molar-refractivity contribution is -0.167. The van der Waals surface area contributed by atoms with E-state index in [1.807, 2.05) is 0 Å². The Kier molecular flexibility index (Phi) is 49.1. The van der Waals surface area contributed by atoms with Crippen LogP contribution in [0.2, 0.25) is 0 Å². The molecule has 0 aromatic heterocycles. The SMILES string of the molecule is CC/C=C\C/C=C\C/C=C\C/C=C\C/C=C\CCCC(=O)OCC(COC(=O)CCCCCC/C=C\C/C=C\C/C=C\CC)OC(=O)CCCCC/C=C\C=C/CCCCCCCCC. The Morgan fingerprint density at radius 1 is 0.338 bits per heavy atom. The summed E-state index contributed by atoms with van der Waals surface area (Å²) in [4.78, 5) is 38.0. The third-order valence-electron chi connectivity index (χ3n) is 10.5. The van der Waals surface area contributed by atoms with Crippen molar-refractivity contribution >= 4 is 17.9 Å². The Morgan fingerprint density at radius 2 is 0.662 bits per heavy atom. The zero-order valence-corrected chi connectivity index (χ0v) is 41.7. The van der Waals surface area contributed by atoms with Gasteiger partial charge in [0.1, 0.15) is 13.2 Å². The molecule has 0 aromatic carbocycles. The summed E-state index contributed by atoms with van der Waals surface area (Å²) in [6, 6.07) is 0. The molecule has 0 spiro atoms. The van der Waals surface area contributed by atoms with Crippen LogP contribution in [0.15, 0.2) is 122 Å². The lowest BCUT2D eigenvalue weighted by Gasteiger charge is -2.18. The minimum atomic E-state index is -0.827. The van der Waals surface area contributed by atoms with Gasteiger partial charge >= 0.3 is 17.9 Å². The van der Waals surface area contributed by atoms with E-state index in [2.05, 4.69) is 142 Å². The van der Waals surface area contributed by atoms with Gasteiger partial charge in [-0.15, -0.1) is 0 Å². The fourth-order valence-corrected chi connectivity index (χ4v) is 6.60. The van der Waals surface area contributed by atoms with Crippen molar-refractivity contribution in [3.8, 4) is 0 Å². The highest BCUT2D eigenvalue weighted by molar-refractivity contribution is 5.71.